The summed E-state index contributed by atoms with van der Waals surface area (Å²) in [5.74, 6) is 1.23. The molecule has 0 fully saturated rings. The molecular formula is C18H20N2O4. The van der Waals surface area contributed by atoms with Crippen LogP contribution in [0.5, 0.6) is 11.5 Å². The van der Waals surface area contributed by atoms with Gasteiger partial charge in [0.2, 0.25) is 0 Å². The zero-order valence-corrected chi connectivity index (χ0v) is 13.7. The molecule has 0 unspecified atom stereocenters. The molecule has 1 aliphatic rings. The number of β-amino-alcohol motifs (C(OH)–C–C–N with tert-alkyl or cyclic N) is 1. The monoisotopic (exact) mass is 328 g/mol. The van der Waals surface area contributed by atoms with Crippen molar-refractivity contribution < 1.29 is 19.4 Å². The van der Waals surface area contributed by atoms with E-state index in [9.17, 15) is 9.90 Å². The molecule has 24 heavy (non-hydrogen) atoms. The molecule has 0 saturated carbocycles. The Labute approximate surface area is 140 Å². The number of nitrogens with zero attached hydrogens (tertiary/aromatic N) is 1. The number of rotatable bonds is 3. The molecule has 0 saturated heterocycles. The third-order valence-electron chi connectivity index (χ3n) is 4.10. The molecule has 6 heteroatoms. The van der Waals surface area contributed by atoms with Gasteiger partial charge in [0.1, 0.15) is 17.6 Å². The van der Waals surface area contributed by atoms with Crippen molar-refractivity contribution in [2.45, 2.75) is 12.6 Å². The van der Waals surface area contributed by atoms with Crippen molar-refractivity contribution in [3.8, 4) is 11.5 Å². The predicted molar refractivity (Wildman–Crippen MR) is 90.4 cm³/mol. The number of urea groups is 1. The van der Waals surface area contributed by atoms with Gasteiger partial charge in [-0.15, -0.1) is 0 Å². The Morgan fingerprint density at radius 3 is 2.46 bits per heavy atom. The van der Waals surface area contributed by atoms with Crippen molar-refractivity contribution >= 4 is 11.7 Å². The highest BCUT2D eigenvalue weighted by Gasteiger charge is 2.31. The number of carbonyl (C=O) groups excluding carboxylic acids is 1. The first-order chi connectivity index (χ1) is 11.6. The average Bonchev–Trinajstić information content (AvgIpc) is 2.61. The van der Waals surface area contributed by atoms with Crippen molar-refractivity contribution in [1.82, 2.24) is 4.90 Å². The lowest BCUT2D eigenvalue weighted by molar-refractivity contribution is 0.105. The number of nitrogens with one attached hydrogen (secondary N) is 1. The Bertz CT molecular complexity index is 733. The molecule has 0 aliphatic carbocycles. The number of ether oxygens (including phenoxy) is 2. The van der Waals surface area contributed by atoms with Gasteiger partial charge in [-0.05, 0) is 24.3 Å². The van der Waals surface area contributed by atoms with Gasteiger partial charge in [-0.2, -0.15) is 0 Å². The second-order valence-electron chi connectivity index (χ2n) is 5.55. The van der Waals surface area contributed by atoms with Gasteiger partial charge in [-0.3, -0.25) is 0 Å². The van der Waals surface area contributed by atoms with Crippen molar-refractivity contribution in [3.63, 3.8) is 0 Å². The maximum absolute atomic E-state index is 12.5. The number of aliphatic hydroxyl groups is 1. The van der Waals surface area contributed by atoms with Gasteiger partial charge < -0.3 is 24.8 Å². The molecule has 1 atom stereocenters. The number of aliphatic hydroxyl groups excluding tert-OH is 1. The van der Waals surface area contributed by atoms with Crippen LogP contribution in [0.25, 0.3) is 0 Å². The summed E-state index contributed by atoms with van der Waals surface area (Å²) in [6.45, 7) is 0.528. The van der Waals surface area contributed by atoms with Crippen LogP contribution in [0.3, 0.4) is 0 Å². The number of carbonyl (C=O) groups is 1. The molecule has 1 aliphatic heterocycles. The van der Waals surface area contributed by atoms with Gasteiger partial charge in [0.15, 0.2) is 0 Å². The topological polar surface area (TPSA) is 71.0 Å². The van der Waals surface area contributed by atoms with E-state index >= 15 is 0 Å². The Kier molecular flexibility index (Phi) is 4.57. The van der Waals surface area contributed by atoms with Crippen LogP contribution in [0.4, 0.5) is 10.5 Å². The van der Waals surface area contributed by atoms with E-state index in [0.717, 1.165) is 5.56 Å². The third-order valence-corrected chi connectivity index (χ3v) is 4.10. The molecule has 6 nitrogen and oxygen atoms in total. The number of amides is 2. The normalized spacial score (nSPS) is 16.3. The van der Waals surface area contributed by atoms with E-state index in [2.05, 4.69) is 5.32 Å². The summed E-state index contributed by atoms with van der Waals surface area (Å²) in [5.41, 5.74) is 2.15. The Morgan fingerprint density at radius 2 is 1.79 bits per heavy atom. The summed E-state index contributed by atoms with van der Waals surface area (Å²) in [6, 6.07) is 12.5. The minimum absolute atomic E-state index is 0.190. The van der Waals surface area contributed by atoms with Crippen LogP contribution < -0.4 is 14.8 Å². The van der Waals surface area contributed by atoms with E-state index in [0.29, 0.717) is 29.3 Å². The number of hydrogen-bond acceptors (Lipinski definition) is 4. The van der Waals surface area contributed by atoms with Crippen molar-refractivity contribution in [2.24, 2.45) is 0 Å². The minimum atomic E-state index is -0.833. The summed E-state index contributed by atoms with van der Waals surface area (Å²) in [5, 5.41) is 13.4. The van der Waals surface area contributed by atoms with Gasteiger partial charge in [-0.25, -0.2) is 4.79 Å². The highest BCUT2D eigenvalue weighted by atomic mass is 16.5. The zero-order chi connectivity index (χ0) is 17.1. The van der Waals surface area contributed by atoms with E-state index in [1.807, 2.05) is 30.3 Å². The number of anilines is 1. The summed E-state index contributed by atoms with van der Waals surface area (Å²) >= 11 is 0. The zero-order valence-electron chi connectivity index (χ0n) is 13.7. The summed E-state index contributed by atoms with van der Waals surface area (Å²) in [7, 11) is 3.13. The van der Waals surface area contributed by atoms with Crippen LogP contribution in [-0.2, 0) is 6.54 Å². The number of benzene rings is 2. The maximum atomic E-state index is 12.5. The molecule has 2 amide bonds. The second kappa shape index (κ2) is 6.80. The fourth-order valence-corrected chi connectivity index (χ4v) is 2.96. The first kappa shape index (κ1) is 16.1. The van der Waals surface area contributed by atoms with Crippen molar-refractivity contribution in [1.29, 1.82) is 0 Å². The van der Waals surface area contributed by atoms with Crippen molar-refractivity contribution in [3.05, 3.63) is 53.6 Å². The SMILES string of the molecule is COc1ccc(OC)c2c1CN(C(=O)Nc1ccccc1)C[C@H]2O. The van der Waals surface area contributed by atoms with Crippen molar-refractivity contribution in [2.75, 3.05) is 26.1 Å². The molecule has 2 aromatic carbocycles. The lowest BCUT2D eigenvalue weighted by atomic mass is 9.95. The second-order valence-corrected chi connectivity index (χ2v) is 5.55. The highest BCUT2D eigenvalue weighted by Crippen LogP contribution is 2.39. The fourth-order valence-electron chi connectivity index (χ4n) is 2.96. The number of para-hydroxylation sites is 1. The lowest BCUT2D eigenvalue weighted by Gasteiger charge is -2.34. The fraction of sp³-hybridized carbons (Fsp3) is 0.278. The molecule has 2 aromatic rings. The number of fused-ring (bicyclic) bond motifs is 1. The molecule has 0 radical (unpaired) electrons. The van der Waals surface area contributed by atoms with Gasteiger partial charge in [0, 0.05) is 16.8 Å². The molecular weight excluding hydrogens is 308 g/mol. The Hall–Kier alpha value is -2.73. The Morgan fingerprint density at radius 1 is 1.12 bits per heavy atom. The van der Waals surface area contributed by atoms with Crippen LogP contribution >= 0.6 is 0 Å². The standard InChI is InChI=1S/C18H20N2O4/c1-23-15-8-9-16(24-2)17-13(15)10-20(11-14(17)21)18(22)19-12-6-4-3-5-7-12/h3-9,14,21H,10-11H2,1-2H3,(H,19,22)/t14-/m1/s1. The number of methoxy groups -OCH3 is 2. The third kappa shape index (κ3) is 3.00. The van der Waals surface area contributed by atoms with E-state index in [1.165, 1.54) is 0 Å². The van der Waals surface area contributed by atoms with E-state index in [-0.39, 0.29) is 12.6 Å². The molecule has 0 spiro atoms. The van der Waals surface area contributed by atoms with Gasteiger partial charge in [0.25, 0.3) is 0 Å². The molecule has 3 rings (SSSR count). The maximum Gasteiger partial charge on any atom is 0.322 e. The lowest BCUT2D eigenvalue weighted by Crippen LogP contribution is -2.41. The van der Waals surface area contributed by atoms with Crippen LogP contribution in [0.15, 0.2) is 42.5 Å². The molecule has 1 heterocycles. The minimum Gasteiger partial charge on any atom is -0.496 e. The first-order valence-electron chi connectivity index (χ1n) is 7.66. The van der Waals surface area contributed by atoms with E-state index < -0.39 is 6.10 Å². The molecule has 0 bridgehead atoms. The highest BCUT2D eigenvalue weighted by molar-refractivity contribution is 5.89. The van der Waals surface area contributed by atoms with Crippen LogP contribution in [0.1, 0.15) is 17.2 Å². The summed E-state index contributed by atoms with van der Waals surface area (Å²) < 4.78 is 10.7. The van der Waals surface area contributed by atoms with Gasteiger partial charge in [0.05, 0.1) is 27.3 Å². The number of hydrogen-bond donors (Lipinski definition) is 2. The Balaban J connectivity index is 1.87. The largest absolute Gasteiger partial charge is 0.496 e. The van der Waals surface area contributed by atoms with E-state index in [1.54, 1.807) is 31.3 Å². The predicted octanol–water partition coefficient (Wildman–Crippen LogP) is 2.78. The first-order valence-corrected chi connectivity index (χ1v) is 7.66. The smallest absolute Gasteiger partial charge is 0.322 e. The molecule has 126 valence electrons. The quantitative estimate of drug-likeness (QED) is 0.909. The van der Waals surface area contributed by atoms with Gasteiger partial charge >= 0.3 is 6.03 Å². The summed E-state index contributed by atoms with van der Waals surface area (Å²) in [4.78, 5) is 14.1. The van der Waals surface area contributed by atoms with Gasteiger partial charge in [-0.1, -0.05) is 18.2 Å². The summed E-state index contributed by atoms with van der Waals surface area (Å²) in [6.07, 6.45) is -0.833. The molecule has 2 N–H and O–H groups in total. The average molecular weight is 328 g/mol. The molecule has 0 aromatic heterocycles. The van der Waals surface area contributed by atoms with Crippen LogP contribution in [-0.4, -0.2) is 36.8 Å². The van der Waals surface area contributed by atoms with Crippen LogP contribution in [0, 0.1) is 0 Å². The van der Waals surface area contributed by atoms with Crippen LogP contribution in [0.2, 0.25) is 0 Å². The van der Waals surface area contributed by atoms with E-state index in [4.69, 9.17) is 9.47 Å².